The van der Waals surface area contributed by atoms with Gasteiger partial charge in [-0.25, -0.2) is 4.39 Å². The molecule has 2 radical (unpaired) electrons. The van der Waals surface area contributed by atoms with Crippen molar-refractivity contribution >= 4 is 19.3 Å². The van der Waals surface area contributed by atoms with Gasteiger partial charge in [0.2, 0.25) is 0 Å². The van der Waals surface area contributed by atoms with Crippen LogP contribution in [0, 0.1) is 5.82 Å². The lowest BCUT2D eigenvalue weighted by molar-refractivity contribution is -0.142. The van der Waals surface area contributed by atoms with Crippen LogP contribution in [0.5, 0.6) is 5.75 Å². The fourth-order valence-electron chi connectivity index (χ4n) is 1.40. The molecule has 5 heteroatoms. The van der Waals surface area contributed by atoms with Crippen molar-refractivity contribution in [3.63, 3.8) is 0 Å². The van der Waals surface area contributed by atoms with E-state index in [0.29, 0.717) is 5.56 Å². The van der Waals surface area contributed by atoms with E-state index < -0.39 is 11.8 Å². The lowest BCUT2D eigenvalue weighted by Crippen LogP contribution is -2.13. The second kappa shape index (κ2) is 5.54. The van der Waals surface area contributed by atoms with E-state index in [1.165, 1.54) is 13.2 Å². The lowest BCUT2D eigenvalue weighted by Gasteiger charge is -2.10. The molecule has 0 amide bonds. The summed E-state index contributed by atoms with van der Waals surface area (Å²) in [6.45, 7) is 1.99. The molecule has 0 fully saturated rings. The largest absolute Gasteiger partial charge is 0.493 e. The summed E-state index contributed by atoms with van der Waals surface area (Å²) in [6, 6.07) is 2.65. The summed E-state index contributed by atoms with van der Waals surface area (Å²) in [5.74, 6) is -0.991. The fourth-order valence-corrected chi connectivity index (χ4v) is 1.40. The molecule has 1 aromatic rings. The molecular weight excluding hydrogens is 210 g/mol. The zero-order valence-electron chi connectivity index (χ0n) is 9.25. The van der Waals surface area contributed by atoms with Crippen LogP contribution in [0.2, 0.25) is 0 Å². The molecule has 0 spiro atoms. The maximum Gasteiger partial charge on any atom is 0.310 e. The van der Waals surface area contributed by atoms with Gasteiger partial charge in [-0.05, 0) is 13.0 Å². The molecule has 16 heavy (non-hydrogen) atoms. The van der Waals surface area contributed by atoms with E-state index in [9.17, 15) is 9.18 Å². The average molecular weight is 222 g/mol. The average Bonchev–Trinajstić information content (AvgIpc) is 2.17. The molecule has 0 heterocycles. The fraction of sp³-hybridized carbons (Fsp3) is 0.364. The standard InChI is InChI=1S/C11H12BFO3/c1-3-16-10(14)5-7-4-8(12)6-9(13)11(7)15-2/h4,6H,3,5H2,1-2H3. The zero-order chi connectivity index (χ0) is 12.1. The molecule has 0 atom stereocenters. The number of carbonyl (C=O) groups excluding carboxylic acids is 1. The van der Waals surface area contributed by atoms with Crippen molar-refractivity contribution in [3.8, 4) is 5.75 Å². The number of halogens is 1. The maximum atomic E-state index is 13.4. The second-order valence-corrected chi connectivity index (χ2v) is 3.18. The van der Waals surface area contributed by atoms with Crippen LogP contribution in [0.3, 0.4) is 0 Å². The molecule has 3 nitrogen and oxygen atoms in total. The molecular formula is C11H12BFO3. The highest BCUT2D eigenvalue weighted by atomic mass is 19.1. The topological polar surface area (TPSA) is 35.5 Å². The van der Waals surface area contributed by atoms with Crippen LogP contribution in [0.1, 0.15) is 12.5 Å². The molecule has 1 rings (SSSR count). The Morgan fingerprint density at radius 1 is 1.50 bits per heavy atom. The molecule has 0 saturated carbocycles. The number of carbonyl (C=O) groups is 1. The highest BCUT2D eigenvalue weighted by Gasteiger charge is 2.13. The van der Waals surface area contributed by atoms with Gasteiger partial charge in [0.15, 0.2) is 11.6 Å². The normalized spacial score (nSPS) is 9.94. The maximum absolute atomic E-state index is 13.4. The Kier molecular flexibility index (Phi) is 4.34. The second-order valence-electron chi connectivity index (χ2n) is 3.18. The Labute approximate surface area is 95.0 Å². The first-order valence-corrected chi connectivity index (χ1v) is 4.86. The number of methoxy groups -OCH3 is 1. The Morgan fingerprint density at radius 2 is 2.19 bits per heavy atom. The molecule has 0 aliphatic heterocycles. The number of esters is 1. The van der Waals surface area contributed by atoms with Gasteiger partial charge in [-0.15, -0.1) is 0 Å². The van der Waals surface area contributed by atoms with Gasteiger partial charge < -0.3 is 9.47 Å². The third-order valence-corrected chi connectivity index (χ3v) is 1.99. The summed E-state index contributed by atoms with van der Waals surface area (Å²) in [7, 11) is 6.82. The molecule has 0 aliphatic rings. The van der Waals surface area contributed by atoms with E-state index >= 15 is 0 Å². The monoisotopic (exact) mass is 222 g/mol. The first kappa shape index (κ1) is 12.6. The highest BCUT2D eigenvalue weighted by Crippen LogP contribution is 2.21. The molecule has 0 saturated heterocycles. The van der Waals surface area contributed by atoms with Gasteiger partial charge in [-0.2, -0.15) is 0 Å². The van der Waals surface area contributed by atoms with Crippen molar-refractivity contribution in [2.75, 3.05) is 13.7 Å². The van der Waals surface area contributed by atoms with Crippen molar-refractivity contribution in [1.29, 1.82) is 0 Å². The van der Waals surface area contributed by atoms with Crippen molar-refractivity contribution in [2.45, 2.75) is 13.3 Å². The lowest BCUT2D eigenvalue weighted by atomic mass is 9.93. The molecule has 0 unspecified atom stereocenters. The Hall–Kier alpha value is -1.52. The van der Waals surface area contributed by atoms with Gasteiger partial charge in [-0.1, -0.05) is 11.5 Å². The van der Waals surface area contributed by atoms with Gasteiger partial charge in [0.25, 0.3) is 0 Å². The van der Waals surface area contributed by atoms with Crippen LogP contribution < -0.4 is 10.2 Å². The first-order chi connectivity index (χ1) is 7.58. The van der Waals surface area contributed by atoms with Gasteiger partial charge in [0.05, 0.1) is 20.1 Å². The quantitative estimate of drug-likeness (QED) is 0.556. The highest BCUT2D eigenvalue weighted by molar-refractivity contribution is 6.32. The van der Waals surface area contributed by atoms with Crippen LogP contribution in [0.4, 0.5) is 4.39 Å². The molecule has 0 aromatic heterocycles. The minimum Gasteiger partial charge on any atom is -0.493 e. The molecule has 1 aromatic carbocycles. The van der Waals surface area contributed by atoms with E-state index in [-0.39, 0.29) is 24.2 Å². The van der Waals surface area contributed by atoms with E-state index in [2.05, 4.69) is 0 Å². The van der Waals surface area contributed by atoms with Crippen LogP contribution in [0.15, 0.2) is 12.1 Å². The summed E-state index contributed by atoms with van der Waals surface area (Å²) < 4.78 is 23.0. The summed E-state index contributed by atoms with van der Waals surface area (Å²) in [4.78, 5) is 11.3. The van der Waals surface area contributed by atoms with E-state index in [4.69, 9.17) is 17.3 Å². The van der Waals surface area contributed by atoms with E-state index in [1.54, 1.807) is 6.92 Å². The third-order valence-electron chi connectivity index (χ3n) is 1.99. The van der Waals surface area contributed by atoms with Crippen molar-refractivity contribution in [1.82, 2.24) is 0 Å². The predicted molar refractivity (Wildman–Crippen MR) is 58.7 cm³/mol. The molecule has 0 aliphatic carbocycles. The Bertz CT molecular complexity index is 393. The van der Waals surface area contributed by atoms with Crippen LogP contribution in [-0.4, -0.2) is 27.5 Å². The third kappa shape index (κ3) is 2.99. The van der Waals surface area contributed by atoms with Crippen molar-refractivity contribution in [2.24, 2.45) is 0 Å². The number of ether oxygens (including phenoxy) is 2. The Balaban J connectivity index is 2.97. The van der Waals surface area contributed by atoms with Crippen LogP contribution in [0.25, 0.3) is 0 Å². The molecule has 0 N–H and O–H groups in total. The van der Waals surface area contributed by atoms with E-state index in [0.717, 1.165) is 6.07 Å². The number of benzene rings is 1. The summed E-state index contributed by atoms with van der Waals surface area (Å²) in [5.41, 5.74) is 0.635. The van der Waals surface area contributed by atoms with E-state index in [1.807, 2.05) is 0 Å². The molecule has 84 valence electrons. The van der Waals surface area contributed by atoms with Gasteiger partial charge in [-0.3, -0.25) is 4.79 Å². The van der Waals surface area contributed by atoms with Crippen LogP contribution in [-0.2, 0) is 16.0 Å². The van der Waals surface area contributed by atoms with Crippen molar-refractivity contribution in [3.05, 3.63) is 23.5 Å². The Morgan fingerprint density at radius 3 is 2.75 bits per heavy atom. The predicted octanol–water partition coefficient (Wildman–Crippen LogP) is 0.734. The number of rotatable bonds is 4. The van der Waals surface area contributed by atoms with Gasteiger partial charge in [0.1, 0.15) is 7.85 Å². The molecule has 0 bridgehead atoms. The minimum atomic E-state index is -0.582. The van der Waals surface area contributed by atoms with Crippen molar-refractivity contribution < 1.29 is 18.7 Å². The SMILES string of the molecule is [B]c1cc(F)c(OC)c(CC(=O)OCC)c1. The van der Waals surface area contributed by atoms with Crippen LogP contribution >= 0.6 is 0 Å². The summed E-state index contributed by atoms with van der Waals surface area (Å²) in [5, 5.41) is 0. The van der Waals surface area contributed by atoms with Gasteiger partial charge in [0, 0.05) is 5.56 Å². The minimum absolute atomic E-state index is 0.0299. The van der Waals surface area contributed by atoms with Gasteiger partial charge >= 0.3 is 5.97 Å². The smallest absolute Gasteiger partial charge is 0.310 e. The summed E-state index contributed by atoms with van der Waals surface area (Å²) in [6.07, 6.45) is -0.0566. The number of hydrogen-bond donors (Lipinski definition) is 0. The number of hydrogen-bond acceptors (Lipinski definition) is 3. The summed E-state index contributed by atoms with van der Waals surface area (Å²) >= 11 is 0. The first-order valence-electron chi connectivity index (χ1n) is 4.86. The zero-order valence-corrected chi connectivity index (χ0v) is 9.25.